The average molecular weight is 333 g/mol. The molecule has 5 nitrogen and oxygen atoms in total. The highest BCUT2D eigenvalue weighted by Gasteiger charge is 2.21. The molecule has 0 fully saturated rings. The first-order chi connectivity index (χ1) is 9.88. The van der Waals surface area contributed by atoms with E-state index in [2.05, 4.69) is 25.8 Å². The van der Waals surface area contributed by atoms with Crippen LogP contribution in [0.3, 0.4) is 0 Å². The quantitative estimate of drug-likeness (QED) is 0.793. The second kappa shape index (κ2) is 9.08. The van der Waals surface area contributed by atoms with Crippen LogP contribution >= 0.6 is 12.4 Å². The number of nitrogens with zero attached hydrogens (tertiary/aromatic N) is 1. The highest BCUT2D eigenvalue weighted by atomic mass is 35.5. The molecular weight excluding hydrogens is 304 g/mol. The molecule has 0 atom stereocenters. The Morgan fingerprint density at radius 2 is 1.64 bits per heavy atom. The Balaban J connectivity index is 0.00000441. The van der Waals surface area contributed by atoms with Gasteiger partial charge >= 0.3 is 0 Å². The van der Waals surface area contributed by atoms with Gasteiger partial charge in [0, 0.05) is 18.7 Å². The summed E-state index contributed by atoms with van der Waals surface area (Å²) in [4.78, 5) is 2.23. The van der Waals surface area contributed by atoms with Crippen LogP contribution in [0.4, 0.5) is 0 Å². The zero-order chi connectivity index (χ0) is 16.0. The molecule has 0 aliphatic rings. The molecule has 0 heterocycles. The van der Waals surface area contributed by atoms with E-state index in [0.29, 0.717) is 23.8 Å². The molecule has 1 aromatic rings. The van der Waals surface area contributed by atoms with Crippen molar-refractivity contribution in [2.75, 3.05) is 41.5 Å². The largest absolute Gasteiger partial charge is 0.493 e. The molecule has 0 aliphatic carbocycles. The van der Waals surface area contributed by atoms with Crippen molar-refractivity contribution in [3.63, 3.8) is 0 Å². The maximum Gasteiger partial charge on any atom is 0.203 e. The van der Waals surface area contributed by atoms with Crippen LogP contribution in [-0.4, -0.2) is 46.4 Å². The summed E-state index contributed by atoms with van der Waals surface area (Å²) in [5.74, 6) is 2.02. The van der Waals surface area contributed by atoms with E-state index in [1.165, 1.54) is 0 Å². The highest BCUT2D eigenvalue weighted by Crippen LogP contribution is 2.40. The van der Waals surface area contributed by atoms with Crippen LogP contribution in [0.1, 0.15) is 19.4 Å². The van der Waals surface area contributed by atoms with E-state index in [-0.39, 0.29) is 17.8 Å². The summed E-state index contributed by atoms with van der Waals surface area (Å²) in [6.45, 7) is 6.64. The topological polar surface area (TPSA) is 57.0 Å². The number of methoxy groups -OCH3 is 3. The van der Waals surface area contributed by atoms with Gasteiger partial charge in [0.05, 0.1) is 21.3 Å². The van der Waals surface area contributed by atoms with Crippen LogP contribution in [0.25, 0.3) is 0 Å². The maximum atomic E-state index is 5.80. The van der Waals surface area contributed by atoms with Gasteiger partial charge in [0.2, 0.25) is 5.75 Å². The Hall–Kier alpha value is -1.17. The second-order valence-corrected chi connectivity index (χ2v) is 6.03. The lowest BCUT2D eigenvalue weighted by Gasteiger charge is -2.29. The fraction of sp³-hybridized carbons (Fsp3) is 0.625. The van der Waals surface area contributed by atoms with Crippen molar-refractivity contribution in [1.29, 1.82) is 0 Å². The zero-order valence-corrected chi connectivity index (χ0v) is 15.3. The summed E-state index contributed by atoms with van der Waals surface area (Å²) in [6, 6.07) is 3.91. The van der Waals surface area contributed by atoms with Gasteiger partial charge in [-0.2, -0.15) is 0 Å². The summed E-state index contributed by atoms with van der Waals surface area (Å²) >= 11 is 0. The third-order valence-corrected chi connectivity index (χ3v) is 3.48. The molecule has 0 aliphatic heterocycles. The second-order valence-electron chi connectivity index (χ2n) is 6.03. The molecule has 128 valence electrons. The first-order valence-corrected chi connectivity index (χ1v) is 7.05. The van der Waals surface area contributed by atoms with Crippen LogP contribution in [0.2, 0.25) is 0 Å². The molecule has 0 spiro atoms. The van der Waals surface area contributed by atoms with Crippen molar-refractivity contribution in [3.8, 4) is 17.2 Å². The fourth-order valence-electron chi connectivity index (χ4n) is 2.43. The summed E-state index contributed by atoms with van der Waals surface area (Å²) in [6.07, 6.45) is 0. The lowest BCUT2D eigenvalue weighted by molar-refractivity contribution is 0.207. The summed E-state index contributed by atoms with van der Waals surface area (Å²) in [5, 5.41) is 0. The van der Waals surface area contributed by atoms with Gasteiger partial charge in [-0.05, 0) is 25.1 Å². The van der Waals surface area contributed by atoms with Crippen LogP contribution in [-0.2, 0) is 6.54 Å². The molecule has 1 rings (SSSR count). The molecule has 0 saturated heterocycles. The SMILES string of the molecule is COc1ccc(CN(C)CC(C)(C)CN)c(OC)c1OC.Cl. The lowest BCUT2D eigenvalue weighted by Crippen LogP contribution is -2.36. The first-order valence-electron chi connectivity index (χ1n) is 7.05. The van der Waals surface area contributed by atoms with Crippen LogP contribution in [0, 0.1) is 5.41 Å². The number of rotatable bonds is 8. The number of ether oxygens (including phenoxy) is 3. The minimum absolute atomic E-state index is 0. The van der Waals surface area contributed by atoms with Crippen molar-refractivity contribution in [1.82, 2.24) is 4.90 Å². The normalized spacial score (nSPS) is 11.1. The van der Waals surface area contributed by atoms with Crippen LogP contribution in [0.15, 0.2) is 12.1 Å². The van der Waals surface area contributed by atoms with Crippen LogP contribution in [0.5, 0.6) is 17.2 Å². The van der Waals surface area contributed by atoms with E-state index in [1.807, 2.05) is 12.1 Å². The third kappa shape index (κ3) is 5.23. The molecule has 0 saturated carbocycles. The van der Waals surface area contributed by atoms with Gasteiger partial charge in [-0.15, -0.1) is 12.4 Å². The summed E-state index contributed by atoms with van der Waals surface area (Å²) in [5.41, 5.74) is 6.94. The number of nitrogens with two attached hydrogens (primary N) is 1. The van der Waals surface area contributed by atoms with Crippen molar-refractivity contribution < 1.29 is 14.2 Å². The van der Waals surface area contributed by atoms with Gasteiger partial charge in [0.25, 0.3) is 0 Å². The molecule has 0 unspecified atom stereocenters. The Kier molecular flexibility index (Phi) is 8.60. The minimum atomic E-state index is 0. The van der Waals surface area contributed by atoms with E-state index in [9.17, 15) is 0 Å². The molecule has 0 bridgehead atoms. The maximum absolute atomic E-state index is 5.80. The highest BCUT2D eigenvalue weighted by molar-refractivity contribution is 5.85. The standard InChI is InChI=1S/C16H28N2O3.ClH/c1-16(2,10-17)11-18(3)9-12-7-8-13(19-4)15(21-6)14(12)20-5;/h7-8H,9-11,17H2,1-6H3;1H. The Morgan fingerprint density at radius 3 is 2.09 bits per heavy atom. The summed E-state index contributed by atoms with van der Waals surface area (Å²) in [7, 11) is 6.95. The predicted molar refractivity (Wildman–Crippen MR) is 92.5 cm³/mol. The molecule has 0 radical (unpaired) electrons. The van der Waals surface area contributed by atoms with E-state index in [1.54, 1.807) is 21.3 Å². The number of hydrogen-bond acceptors (Lipinski definition) is 5. The fourth-order valence-corrected chi connectivity index (χ4v) is 2.43. The van der Waals surface area contributed by atoms with Crippen molar-refractivity contribution in [2.24, 2.45) is 11.1 Å². The molecule has 0 amide bonds. The molecule has 2 N–H and O–H groups in total. The Bertz CT molecular complexity index is 467. The van der Waals surface area contributed by atoms with E-state index in [0.717, 1.165) is 18.7 Å². The van der Waals surface area contributed by atoms with E-state index < -0.39 is 0 Å². The zero-order valence-electron chi connectivity index (χ0n) is 14.4. The third-order valence-electron chi connectivity index (χ3n) is 3.48. The average Bonchev–Trinajstić information content (AvgIpc) is 2.45. The predicted octanol–water partition coefficient (Wildman–Crippen LogP) is 2.55. The number of hydrogen-bond donors (Lipinski definition) is 1. The first kappa shape index (κ1) is 20.8. The van der Waals surface area contributed by atoms with Gasteiger partial charge in [-0.25, -0.2) is 0 Å². The number of halogens is 1. The minimum Gasteiger partial charge on any atom is -0.493 e. The summed E-state index contributed by atoms with van der Waals surface area (Å²) < 4.78 is 16.2. The van der Waals surface area contributed by atoms with E-state index in [4.69, 9.17) is 19.9 Å². The number of benzene rings is 1. The van der Waals surface area contributed by atoms with Crippen molar-refractivity contribution >= 4 is 12.4 Å². The smallest absolute Gasteiger partial charge is 0.203 e. The van der Waals surface area contributed by atoms with Crippen molar-refractivity contribution in [2.45, 2.75) is 20.4 Å². The molecule has 1 aromatic carbocycles. The molecular formula is C16H29ClN2O3. The molecule has 22 heavy (non-hydrogen) atoms. The van der Waals surface area contributed by atoms with Gasteiger partial charge < -0.3 is 24.8 Å². The van der Waals surface area contributed by atoms with E-state index >= 15 is 0 Å². The monoisotopic (exact) mass is 332 g/mol. The Morgan fingerprint density at radius 1 is 1.05 bits per heavy atom. The van der Waals surface area contributed by atoms with Crippen LogP contribution < -0.4 is 19.9 Å². The van der Waals surface area contributed by atoms with Gasteiger partial charge in [-0.3, -0.25) is 0 Å². The van der Waals surface area contributed by atoms with Crippen molar-refractivity contribution in [3.05, 3.63) is 17.7 Å². The lowest BCUT2D eigenvalue weighted by atomic mass is 9.93. The Labute approximate surface area is 140 Å². The molecule has 0 aromatic heterocycles. The van der Waals surface area contributed by atoms with Gasteiger partial charge in [-0.1, -0.05) is 19.9 Å². The van der Waals surface area contributed by atoms with Gasteiger partial charge in [0.1, 0.15) is 0 Å². The molecule has 6 heteroatoms. The van der Waals surface area contributed by atoms with Gasteiger partial charge in [0.15, 0.2) is 11.5 Å².